The lowest BCUT2D eigenvalue weighted by Gasteiger charge is -2.22. The Morgan fingerprint density at radius 3 is 2.89 bits per heavy atom. The molecule has 2 rings (SSSR count). The number of rotatable bonds is 6. The minimum atomic E-state index is -1.04. The first-order chi connectivity index (χ1) is 9.08. The van der Waals surface area contributed by atoms with Gasteiger partial charge in [0.25, 0.3) is 0 Å². The Labute approximate surface area is 116 Å². The van der Waals surface area contributed by atoms with Gasteiger partial charge in [-0.3, -0.25) is 4.90 Å². The van der Waals surface area contributed by atoms with Crippen molar-refractivity contribution in [3.05, 3.63) is 34.6 Å². The average molecular weight is 287 g/mol. The molecule has 0 atom stereocenters. The van der Waals surface area contributed by atoms with Gasteiger partial charge in [0.05, 0.1) is 5.02 Å². The molecule has 0 spiro atoms. The van der Waals surface area contributed by atoms with Crippen molar-refractivity contribution in [2.75, 3.05) is 13.1 Å². The highest BCUT2D eigenvalue weighted by Gasteiger charge is 2.29. The minimum absolute atomic E-state index is 0.122. The molecule has 0 aromatic heterocycles. The number of carboxylic acid groups (broad SMARTS) is 1. The Balaban J connectivity index is 1.96. The SMILES string of the molecule is O=C(O)NCCN(Cc1cccc(Cl)c1F)C1CC1. The van der Waals surface area contributed by atoms with E-state index in [0.29, 0.717) is 31.2 Å². The van der Waals surface area contributed by atoms with E-state index in [9.17, 15) is 9.18 Å². The number of benzene rings is 1. The van der Waals surface area contributed by atoms with E-state index in [0.717, 1.165) is 12.8 Å². The molecule has 1 saturated carbocycles. The highest BCUT2D eigenvalue weighted by Crippen LogP contribution is 2.29. The zero-order valence-electron chi connectivity index (χ0n) is 10.4. The molecule has 0 aliphatic heterocycles. The van der Waals surface area contributed by atoms with E-state index in [1.54, 1.807) is 12.1 Å². The lowest BCUT2D eigenvalue weighted by Crippen LogP contribution is -2.35. The van der Waals surface area contributed by atoms with Gasteiger partial charge in [-0.2, -0.15) is 0 Å². The predicted molar refractivity (Wildman–Crippen MR) is 70.9 cm³/mol. The van der Waals surface area contributed by atoms with Crippen molar-refractivity contribution in [2.45, 2.75) is 25.4 Å². The number of nitrogens with zero attached hydrogens (tertiary/aromatic N) is 1. The van der Waals surface area contributed by atoms with Gasteiger partial charge < -0.3 is 10.4 Å². The van der Waals surface area contributed by atoms with Crippen LogP contribution in [-0.2, 0) is 6.54 Å². The molecular weight excluding hydrogens is 271 g/mol. The summed E-state index contributed by atoms with van der Waals surface area (Å²) >= 11 is 5.75. The van der Waals surface area contributed by atoms with Crippen LogP contribution in [0.15, 0.2) is 18.2 Å². The average Bonchev–Trinajstić information content (AvgIpc) is 3.17. The molecule has 1 amide bonds. The summed E-state index contributed by atoms with van der Waals surface area (Å²) in [6.07, 6.45) is 1.12. The molecule has 4 nitrogen and oxygen atoms in total. The van der Waals surface area contributed by atoms with Crippen LogP contribution >= 0.6 is 11.6 Å². The maximum absolute atomic E-state index is 13.8. The van der Waals surface area contributed by atoms with Gasteiger partial charge in [-0.15, -0.1) is 0 Å². The maximum Gasteiger partial charge on any atom is 0.404 e. The zero-order valence-corrected chi connectivity index (χ0v) is 11.2. The third kappa shape index (κ3) is 4.08. The molecule has 1 aromatic carbocycles. The summed E-state index contributed by atoms with van der Waals surface area (Å²) in [7, 11) is 0. The number of nitrogens with one attached hydrogen (secondary N) is 1. The number of amides is 1. The molecule has 0 unspecified atom stereocenters. The summed E-state index contributed by atoms with van der Waals surface area (Å²) in [4.78, 5) is 12.5. The first kappa shape index (κ1) is 14.1. The quantitative estimate of drug-likeness (QED) is 0.845. The Bertz CT molecular complexity index is 466. The topological polar surface area (TPSA) is 52.6 Å². The van der Waals surface area contributed by atoms with Crippen molar-refractivity contribution >= 4 is 17.7 Å². The number of carbonyl (C=O) groups is 1. The van der Waals surface area contributed by atoms with Crippen LogP contribution in [0.4, 0.5) is 9.18 Å². The van der Waals surface area contributed by atoms with Crippen LogP contribution < -0.4 is 5.32 Å². The van der Waals surface area contributed by atoms with Gasteiger partial charge in [-0.1, -0.05) is 23.7 Å². The second kappa shape index (κ2) is 6.21. The molecule has 1 aromatic rings. The molecule has 1 fully saturated rings. The van der Waals surface area contributed by atoms with Crippen LogP contribution in [0.3, 0.4) is 0 Å². The van der Waals surface area contributed by atoms with Gasteiger partial charge in [0.15, 0.2) is 0 Å². The highest BCUT2D eigenvalue weighted by atomic mass is 35.5. The van der Waals surface area contributed by atoms with E-state index in [-0.39, 0.29) is 10.8 Å². The van der Waals surface area contributed by atoms with E-state index in [1.165, 1.54) is 6.07 Å². The largest absolute Gasteiger partial charge is 0.465 e. The Hall–Kier alpha value is -1.33. The van der Waals surface area contributed by atoms with E-state index in [1.807, 2.05) is 0 Å². The molecule has 6 heteroatoms. The van der Waals surface area contributed by atoms with E-state index in [4.69, 9.17) is 16.7 Å². The Kier molecular flexibility index (Phi) is 4.61. The fourth-order valence-corrected chi connectivity index (χ4v) is 2.22. The molecule has 0 radical (unpaired) electrons. The summed E-state index contributed by atoms with van der Waals surface area (Å²) in [6, 6.07) is 5.38. The third-order valence-electron chi connectivity index (χ3n) is 3.14. The van der Waals surface area contributed by atoms with Gasteiger partial charge in [0, 0.05) is 31.2 Å². The minimum Gasteiger partial charge on any atom is -0.465 e. The maximum atomic E-state index is 13.8. The number of hydrogen-bond donors (Lipinski definition) is 2. The summed E-state index contributed by atoms with van der Waals surface area (Å²) in [5, 5.41) is 11.0. The zero-order chi connectivity index (χ0) is 13.8. The first-order valence-corrected chi connectivity index (χ1v) is 6.59. The number of halogens is 2. The summed E-state index contributed by atoms with van der Waals surface area (Å²) in [6.45, 7) is 1.37. The smallest absolute Gasteiger partial charge is 0.404 e. The monoisotopic (exact) mass is 286 g/mol. The molecule has 0 saturated heterocycles. The van der Waals surface area contributed by atoms with Gasteiger partial charge in [0.1, 0.15) is 5.82 Å². The second-order valence-electron chi connectivity index (χ2n) is 4.65. The molecule has 1 aliphatic carbocycles. The molecular formula is C13H16ClFN2O2. The van der Waals surface area contributed by atoms with Crippen molar-refractivity contribution < 1.29 is 14.3 Å². The van der Waals surface area contributed by atoms with Gasteiger partial charge >= 0.3 is 6.09 Å². The van der Waals surface area contributed by atoms with Gasteiger partial charge in [-0.25, -0.2) is 9.18 Å². The molecule has 0 heterocycles. The Morgan fingerprint density at radius 2 is 2.26 bits per heavy atom. The van der Waals surface area contributed by atoms with Crippen LogP contribution in [0.25, 0.3) is 0 Å². The van der Waals surface area contributed by atoms with Crippen molar-refractivity contribution in [3.63, 3.8) is 0 Å². The van der Waals surface area contributed by atoms with Crippen LogP contribution in [-0.4, -0.2) is 35.2 Å². The molecule has 2 N–H and O–H groups in total. The summed E-state index contributed by atoms with van der Waals surface area (Å²) < 4.78 is 13.8. The molecule has 19 heavy (non-hydrogen) atoms. The van der Waals surface area contributed by atoms with E-state index in [2.05, 4.69) is 10.2 Å². The molecule has 104 valence electrons. The van der Waals surface area contributed by atoms with Crippen molar-refractivity contribution in [3.8, 4) is 0 Å². The van der Waals surface area contributed by atoms with Crippen molar-refractivity contribution in [1.29, 1.82) is 0 Å². The normalized spacial score (nSPS) is 14.7. The lowest BCUT2D eigenvalue weighted by atomic mass is 10.2. The van der Waals surface area contributed by atoms with Gasteiger partial charge in [0.2, 0.25) is 0 Å². The Morgan fingerprint density at radius 1 is 1.53 bits per heavy atom. The highest BCUT2D eigenvalue weighted by molar-refractivity contribution is 6.30. The van der Waals surface area contributed by atoms with E-state index >= 15 is 0 Å². The fraction of sp³-hybridized carbons (Fsp3) is 0.462. The molecule has 1 aliphatic rings. The number of hydrogen-bond acceptors (Lipinski definition) is 2. The summed E-state index contributed by atoms with van der Waals surface area (Å²) in [5.41, 5.74) is 0.551. The lowest BCUT2D eigenvalue weighted by molar-refractivity contribution is 0.189. The van der Waals surface area contributed by atoms with Crippen LogP contribution in [0, 0.1) is 5.82 Å². The van der Waals surface area contributed by atoms with Gasteiger partial charge in [-0.05, 0) is 18.9 Å². The van der Waals surface area contributed by atoms with Crippen LogP contribution in [0.1, 0.15) is 18.4 Å². The van der Waals surface area contributed by atoms with Crippen LogP contribution in [0.2, 0.25) is 5.02 Å². The van der Waals surface area contributed by atoms with Crippen molar-refractivity contribution in [1.82, 2.24) is 10.2 Å². The second-order valence-corrected chi connectivity index (χ2v) is 5.05. The van der Waals surface area contributed by atoms with Crippen molar-refractivity contribution in [2.24, 2.45) is 0 Å². The molecule has 0 bridgehead atoms. The first-order valence-electron chi connectivity index (χ1n) is 6.21. The van der Waals surface area contributed by atoms with E-state index < -0.39 is 6.09 Å². The predicted octanol–water partition coefficient (Wildman–Crippen LogP) is 2.71. The fourth-order valence-electron chi connectivity index (χ4n) is 2.03. The third-order valence-corrected chi connectivity index (χ3v) is 3.44. The standard InChI is InChI=1S/C13H16ClFN2O2/c14-11-3-1-2-9(12(11)15)8-17(10-4-5-10)7-6-16-13(18)19/h1-3,10,16H,4-8H2,(H,18,19). The van der Waals surface area contributed by atoms with Crippen LogP contribution in [0.5, 0.6) is 0 Å². The summed E-state index contributed by atoms with van der Waals surface area (Å²) in [5.74, 6) is -0.388.